The van der Waals surface area contributed by atoms with Crippen LogP contribution in [0.25, 0.3) is 0 Å². The average molecular weight is 417 g/mol. The SMILES string of the molecule is Cc1ccccc1NC(=O)c1oc2c(c1C)/C(=N/NC(=O)c1ccccc1O)CCC2. The van der Waals surface area contributed by atoms with Gasteiger partial charge in [0.05, 0.1) is 11.3 Å². The van der Waals surface area contributed by atoms with Crippen molar-refractivity contribution >= 4 is 23.2 Å². The van der Waals surface area contributed by atoms with Gasteiger partial charge in [0.1, 0.15) is 11.5 Å². The maximum absolute atomic E-state index is 12.9. The molecule has 158 valence electrons. The van der Waals surface area contributed by atoms with E-state index in [1.807, 2.05) is 38.1 Å². The lowest BCUT2D eigenvalue weighted by Crippen LogP contribution is -2.22. The van der Waals surface area contributed by atoms with Crippen LogP contribution in [0, 0.1) is 13.8 Å². The molecule has 1 heterocycles. The molecule has 1 aliphatic rings. The number of nitrogens with zero attached hydrogens (tertiary/aromatic N) is 1. The number of para-hydroxylation sites is 2. The number of aromatic hydroxyl groups is 1. The number of hydrogen-bond acceptors (Lipinski definition) is 5. The fraction of sp³-hybridized carbons (Fsp3) is 0.208. The summed E-state index contributed by atoms with van der Waals surface area (Å²) in [5.41, 5.74) is 6.45. The molecule has 7 nitrogen and oxygen atoms in total. The molecule has 4 rings (SSSR count). The van der Waals surface area contributed by atoms with Crippen molar-refractivity contribution in [3.05, 3.63) is 82.3 Å². The van der Waals surface area contributed by atoms with Gasteiger partial charge in [0.15, 0.2) is 5.76 Å². The molecule has 3 N–H and O–H groups in total. The number of anilines is 1. The molecule has 0 saturated carbocycles. The molecule has 3 aromatic rings. The summed E-state index contributed by atoms with van der Waals surface area (Å²) < 4.78 is 5.91. The Morgan fingerprint density at radius 2 is 1.74 bits per heavy atom. The highest BCUT2D eigenvalue weighted by atomic mass is 16.4. The van der Waals surface area contributed by atoms with E-state index >= 15 is 0 Å². The molecule has 0 spiro atoms. The predicted octanol–water partition coefficient (Wildman–Crippen LogP) is 4.32. The number of benzene rings is 2. The molecule has 0 bridgehead atoms. The molecule has 0 aliphatic heterocycles. The average Bonchev–Trinajstić information content (AvgIpc) is 3.11. The van der Waals surface area contributed by atoms with Crippen LogP contribution in [0.1, 0.15) is 56.2 Å². The Balaban J connectivity index is 1.59. The van der Waals surface area contributed by atoms with Gasteiger partial charge in [-0.05, 0) is 50.5 Å². The first kappa shape index (κ1) is 20.4. The smallest absolute Gasteiger partial charge is 0.291 e. The van der Waals surface area contributed by atoms with Crippen LogP contribution in [0.5, 0.6) is 5.75 Å². The van der Waals surface area contributed by atoms with E-state index in [0.717, 1.165) is 23.2 Å². The van der Waals surface area contributed by atoms with Gasteiger partial charge in [-0.1, -0.05) is 30.3 Å². The van der Waals surface area contributed by atoms with Crippen molar-refractivity contribution in [3.8, 4) is 5.75 Å². The van der Waals surface area contributed by atoms with Gasteiger partial charge in [-0.25, -0.2) is 5.43 Å². The number of phenols is 1. The number of carbonyl (C=O) groups excluding carboxylic acids is 2. The largest absolute Gasteiger partial charge is 0.507 e. The minimum atomic E-state index is -0.503. The third kappa shape index (κ3) is 4.07. The Morgan fingerprint density at radius 1 is 1.00 bits per heavy atom. The van der Waals surface area contributed by atoms with E-state index in [4.69, 9.17) is 4.42 Å². The zero-order valence-electron chi connectivity index (χ0n) is 17.4. The number of rotatable bonds is 4. The van der Waals surface area contributed by atoms with E-state index in [-0.39, 0.29) is 23.0 Å². The van der Waals surface area contributed by atoms with Crippen LogP contribution in [-0.4, -0.2) is 22.6 Å². The van der Waals surface area contributed by atoms with Crippen molar-refractivity contribution in [1.29, 1.82) is 0 Å². The molecule has 0 unspecified atom stereocenters. The third-order valence-corrected chi connectivity index (χ3v) is 5.37. The summed E-state index contributed by atoms with van der Waals surface area (Å²) in [6.45, 7) is 3.74. The number of nitrogens with one attached hydrogen (secondary N) is 2. The second-order valence-electron chi connectivity index (χ2n) is 7.49. The predicted molar refractivity (Wildman–Crippen MR) is 118 cm³/mol. The fourth-order valence-electron chi connectivity index (χ4n) is 3.73. The van der Waals surface area contributed by atoms with Crippen molar-refractivity contribution in [1.82, 2.24) is 5.43 Å². The monoisotopic (exact) mass is 417 g/mol. The number of phenolic OH excluding ortho intramolecular Hbond substituents is 1. The van der Waals surface area contributed by atoms with Crippen LogP contribution in [0.4, 0.5) is 5.69 Å². The zero-order valence-corrected chi connectivity index (χ0v) is 17.4. The van der Waals surface area contributed by atoms with Crippen LogP contribution in [-0.2, 0) is 6.42 Å². The molecule has 0 fully saturated rings. The number of fused-ring (bicyclic) bond motifs is 1. The number of furan rings is 1. The van der Waals surface area contributed by atoms with E-state index < -0.39 is 5.91 Å². The lowest BCUT2D eigenvalue weighted by molar-refractivity contribution is 0.0950. The summed E-state index contributed by atoms with van der Waals surface area (Å²) in [5, 5.41) is 17.0. The second kappa shape index (κ2) is 8.47. The van der Waals surface area contributed by atoms with Gasteiger partial charge in [-0.3, -0.25) is 9.59 Å². The molecular formula is C24H23N3O4. The molecule has 0 saturated heterocycles. The van der Waals surface area contributed by atoms with Crippen LogP contribution in [0.3, 0.4) is 0 Å². The van der Waals surface area contributed by atoms with Gasteiger partial charge >= 0.3 is 0 Å². The first-order valence-corrected chi connectivity index (χ1v) is 10.1. The maximum atomic E-state index is 12.9. The molecule has 7 heteroatoms. The van der Waals surface area contributed by atoms with Crippen molar-refractivity contribution in [2.24, 2.45) is 5.10 Å². The van der Waals surface area contributed by atoms with Gasteiger partial charge in [-0.15, -0.1) is 0 Å². The highest BCUT2D eigenvalue weighted by Gasteiger charge is 2.28. The van der Waals surface area contributed by atoms with E-state index in [0.29, 0.717) is 29.9 Å². The van der Waals surface area contributed by atoms with Gasteiger partial charge < -0.3 is 14.8 Å². The van der Waals surface area contributed by atoms with Crippen molar-refractivity contribution in [2.75, 3.05) is 5.32 Å². The quantitative estimate of drug-likeness (QED) is 0.550. The lowest BCUT2D eigenvalue weighted by atomic mass is 9.93. The molecule has 0 atom stereocenters. The van der Waals surface area contributed by atoms with E-state index in [1.54, 1.807) is 12.1 Å². The maximum Gasteiger partial charge on any atom is 0.291 e. The molecule has 31 heavy (non-hydrogen) atoms. The summed E-state index contributed by atoms with van der Waals surface area (Å²) >= 11 is 0. The molecule has 2 aromatic carbocycles. The highest BCUT2D eigenvalue weighted by molar-refractivity contribution is 6.09. The van der Waals surface area contributed by atoms with Gasteiger partial charge in [0.25, 0.3) is 11.8 Å². The van der Waals surface area contributed by atoms with Gasteiger partial charge in [0, 0.05) is 23.2 Å². The zero-order chi connectivity index (χ0) is 22.0. The standard InChI is InChI=1S/C24H23N3O4/c1-14-8-3-5-10-17(14)25-24(30)22-15(2)21-18(11-7-13-20(21)31-22)26-27-23(29)16-9-4-6-12-19(16)28/h3-6,8-10,12,28H,7,11,13H2,1-2H3,(H,25,30)(H,27,29)/b26-18+. The summed E-state index contributed by atoms with van der Waals surface area (Å²) in [7, 11) is 0. The van der Waals surface area contributed by atoms with Crippen LogP contribution in [0.2, 0.25) is 0 Å². The highest BCUT2D eigenvalue weighted by Crippen LogP contribution is 2.30. The first-order chi connectivity index (χ1) is 15.0. The first-order valence-electron chi connectivity index (χ1n) is 10.1. The summed E-state index contributed by atoms with van der Waals surface area (Å²) in [4.78, 5) is 25.2. The van der Waals surface area contributed by atoms with E-state index in [1.165, 1.54) is 12.1 Å². The molecular weight excluding hydrogens is 394 g/mol. The normalized spacial score (nSPS) is 14.2. The minimum Gasteiger partial charge on any atom is -0.507 e. The van der Waals surface area contributed by atoms with Crippen LogP contribution >= 0.6 is 0 Å². The Morgan fingerprint density at radius 3 is 2.52 bits per heavy atom. The Kier molecular flexibility index (Phi) is 5.58. The topological polar surface area (TPSA) is 104 Å². The van der Waals surface area contributed by atoms with Crippen molar-refractivity contribution in [2.45, 2.75) is 33.1 Å². The van der Waals surface area contributed by atoms with E-state index in [2.05, 4.69) is 15.8 Å². The lowest BCUT2D eigenvalue weighted by Gasteiger charge is -2.13. The number of amides is 2. The minimum absolute atomic E-state index is 0.112. The summed E-state index contributed by atoms with van der Waals surface area (Å²) in [6, 6.07) is 13.8. The Hall–Kier alpha value is -3.87. The summed E-state index contributed by atoms with van der Waals surface area (Å²) in [6.07, 6.45) is 2.14. The van der Waals surface area contributed by atoms with Crippen LogP contribution < -0.4 is 10.7 Å². The Labute approximate surface area is 179 Å². The fourth-order valence-corrected chi connectivity index (χ4v) is 3.73. The molecule has 1 aliphatic carbocycles. The molecule has 0 radical (unpaired) electrons. The van der Waals surface area contributed by atoms with Gasteiger partial charge in [0.2, 0.25) is 0 Å². The van der Waals surface area contributed by atoms with Gasteiger partial charge in [-0.2, -0.15) is 5.10 Å². The van der Waals surface area contributed by atoms with Crippen LogP contribution in [0.15, 0.2) is 58.0 Å². The second-order valence-corrected chi connectivity index (χ2v) is 7.49. The summed E-state index contributed by atoms with van der Waals surface area (Å²) in [5.74, 6) is -0.00139. The number of carbonyl (C=O) groups is 2. The van der Waals surface area contributed by atoms with Crippen molar-refractivity contribution < 1.29 is 19.1 Å². The number of aryl methyl sites for hydroxylation is 2. The molecule has 2 amide bonds. The number of hydrazone groups is 1. The Bertz CT molecular complexity index is 1190. The molecule has 1 aromatic heterocycles. The number of hydrogen-bond donors (Lipinski definition) is 3. The van der Waals surface area contributed by atoms with Crippen molar-refractivity contribution in [3.63, 3.8) is 0 Å². The third-order valence-electron chi connectivity index (χ3n) is 5.37. The van der Waals surface area contributed by atoms with E-state index in [9.17, 15) is 14.7 Å².